The molecule has 0 bridgehead atoms. The number of allylic oxidation sites excluding steroid dienone is 2. The summed E-state index contributed by atoms with van der Waals surface area (Å²) in [7, 11) is 1.87. The molecule has 257 valence electrons. The fraction of sp³-hybridized carbons (Fsp3) is 0.391. The van der Waals surface area contributed by atoms with Crippen molar-refractivity contribution >= 4 is 18.1 Å². The van der Waals surface area contributed by atoms with Crippen molar-refractivity contribution in [1.29, 1.82) is 0 Å². The van der Waals surface area contributed by atoms with Gasteiger partial charge in [-0.25, -0.2) is 0 Å². The van der Waals surface area contributed by atoms with Crippen molar-refractivity contribution in [2.75, 3.05) is 7.11 Å². The summed E-state index contributed by atoms with van der Waals surface area (Å²) in [6.07, 6.45) is 5.17. The van der Waals surface area contributed by atoms with Gasteiger partial charge in [0.1, 0.15) is 0 Å². The number of aryl methyl sites for hydroxylation is 5. The van der Waals surface area contributed by atoms with Crippen molar-refractivity contribution in [3.63, 3.8) is 0 Å². The van der Waals surface area contributed by atoms with Gasteiger partial charge in [0.25, 0.3) is 0 Å². The van der Waals surface area contributed by atoms with Gasteiger partial charge >= 0.3 is 302 Å². The van der Waals surface area contributed by atoms with E-state index in [1.54, 1.807) is 22.3 Å². The molecule has 0 saturated heterocycles. The average Bonchev–Trinajstić information content (AvgIpc) is 3.50. The van der Waals surface area contributed by atoms with Gasteiger partial charge in [-0.2, -0.15) is 0 Å². The Morgan fingerprint density at radius 3 is 1.51 bits per heavy atom. The van der Waals surface area contributed by atoms with Crippen molar-refractivity contribution in [2.45, 2.75) is 104 Å². The van der Waals surface area contributed by atoms with Gasteiger partial charge in [-0.15, -0.1) is 0 Å². The molecule has 0 radical (unpaired) electrons. The molecule has 0 N–H and O–H groups in total. The number of benzene rings is 4. The summed E-state index contributed by atoms with van der Waals surface area (Å²) in [5.41, 5.74) is 22.4. The van der Waals surface area contributed by atoms with Crippen LogP contribution in [0, 0.1) is 34.6 Å². The van der Waals surface area contributed by atoms with E-state index in [2.05, 4.69) is 158 Å². The van der Waals surface area contributed by atoms with E-state index in [0.29, 0.717) is 7.25 Å². The van der Waals surface area contributed by atoms with E-state index in [1.807, 2.05) is 7.11 Å². The molecular weight excluding hydrogens is 688 g/mol. The van der Waals surface area contributed by atoms with Gasteiger partial charge in [0.15, 0.2) is 0 Å². The summed E-state index contributed by atoms with van der Waals surface area (Å²) in [4.78, 5) is 0. The number of hydrogen-bond donors (Lipinski definition) is 0. The van der Waals surface area contributed by atoms with Crippen LogP contribution in [0.3, 0.4) is 0 Å². The molecule has 6 rings (SSSR count). The molecule has 0 spiro atoms. The van der Waals surface area contributed by atoms with Crippen LogP contribution >= 0.6 is 0 Å². The zero-order valence-electron chi connectivity index (χ0n) is 33.0. The SMILES string of the molecule is COc1c(C(C)(C)C)cc2c(c1-c1cc(C)cc(C)c1)C=C(C)[CH]2[Zr]([CH3])([CH3])([CH]1C(C)=Cc2c(-c3cc(C)cc(C)c3)cc(C)cc21)[SiH](C)C. The third kappa shape index (κ3) is 5.76. The van der Waals surface area contributed by atoms with Crippen LogP contribution in [0.4, 0.5) is 0 Å². The van der Waals surface area contributed by atoms with Crippen molar-refractivity contribution in [2.24, 2.45) is 0 Å². The molecule has 2 unspecified atom stereocenters. The van der Waals surface area contributed by atoms with Gasteiger partial charge in [0, 0.05) is 0 Å². The molecule has 3 heteroatoms. The first kappa shape index (κ1) is 36.1. The minimum absolute atomic E-state index is 0.0647. The van der Waals surface area contributed by atoms with Crippen molar-refractivity contribution < 1.29 is 22.7 Å². The molecule has 0 fully saturated rings. The fourth-order valence-electron chi connectivity index (χ4n) is 10.2. The van der Waals surface area contributed by atoms with Crippen LogP contribution in [0.25, 0.3) is 34.4 Å². The van der Waals surface area contributed by atoms with Gasteiger partial charge in [-0.3, -0.25) is 0 Å². The van der Waals surface area contributed by atoms with Crippen LogP contribution in [0.2, 0.25) is 22.4 Å². The van der Waals surface area contributed by atoms with E-state index in [9.17, 15) is 0 Å². The first-order chi connectivity index (χ1) is 22.8. The summed E-state index contributed by atoms with van der Waals surface area (Å²) in [5, 5.41) is 0. The minimum atomic E-state index is -3.87. The molecule has 0 aliphatic heterocycles. The van der Waals surface area contributed by atoms with E-state index in [-0.39, 0.29) is 5.41 Å². The second-order valence-corrected chi connectivity index (χ2v) is 56.1. The molecule has 4 aromatic rings. The normalized spacial score (nSPS) is 18.2. The molecular formula is C46H59OSiZr. The zero-order chi connectivity index (χ0) is 36.0. The maximum absolute atomic E-state index is 6.43. The Hall–Kier alpha value is -2.74. The van der Waals surface area contributed by atoms with Crippen LogP contribution in [0.1, 0.15) is 97.5 Å². The molecule has 1 nitrogen and oxygen atoms in total. The molecule has 0 aromatic heterocycles. The zero-order valence-corrected chi connectivity index (χ0v) is 36.6. The average molecular weight is 747 g/mol. The predicted molar refractivity (Wildman–Crippen MR) is 216 cm³/mol. The quantitative estimate of drug-likeness (QED) is 0.179. The van der Waals surface area contributed by atoms with E-state index in [1.165, 1.54) is 66.8 Å². The van der Waals surface area contributed by atoms with Crippen LogP contribution in [0.15, 0.2) is 65.7 Å². The maximum atomic E-state index is 6.43. The second kappa shape index (κ2) is 12.2. The molecule has 2 atom stereocenters. The number of rotatable bonds is 6. The molecule has 2 aliphatic carbocycles. The van der Waals surface area contributed by atoms with E-state index >= 15 is 0 Å². The Labute approximate surface area is 299 Å². The van der Waals surface area contributed by atoms with Gasteiger partial charge in [-0.05, 0) is 0 Å². The summed E-state index contributed by atoms with van der Waals surface area (Å²) in [6, 6.07) is 21.7. The standard InChI is InChI=1S/C23H27O.C19H19.C2H7Si.2CH3.Zr/c1-14-8-15(2)11-18(10-14)21-19-12-16(3)9-17(19)13-20(22(21)24-7)23(4,5)6;1-12-5-13(2)7-16(6-12)18-10-14(3)8-17-9-15(4)11-19(17)18;1-3-2;;;/h8-13H,1-7H3;5-11H,1-4H3;3H,1-2H3;2*1H3;. The van der Waals surface area contributed by atoms with Crippen LogP contribution < -0.4 is 4.74 Å². The topological polar surface area (TPSA) is 9.23 Å². The first-order valence-corrected chi connectivity index (χ1v) is 33.3. The molecule has 0 heterocycles. The number of ether oxygens (including phenoxy) is 1. The summed E-state index contributed by atoms with van der Waals surface area (Å²) < 4.78 is 13.2. The van der Waals surface area contributed by atoms with Crippen LogP contribution in [0.5, 0.6) is 5.75 Å². The van der Waals surface area contributed by atoms with Crippen molar-refractivity contribution in [3.8, 4) is 28.0 Å². The Balaban J connectivity index is 1.67. The van der Waals surface area contributed by atoms with E-state index in [0.717, 1.165) is 5.75 Å². The van der Waals surface area contributed by atoms with Crippen LogP contribution in [-0.2, 0) is 23.4 Å². The number of methoxy groups -OCH3 is 1. The fourth-order valence-corrected chi connectivity index (χ4v) is 40.9. The number of fused-ring (bicyclic) bond motifs is 2. The second-order valence-electron chi connectivity index (χ2n) is 18.2. The Kier molecular flexibility index (Phi) is 8.98. The number of hydrogen-bond acceptors (Lipinski definition) is 1. The predicted octanol–water partition coefficient (Wildman–Crippen LogP) is 13.3. The Bertz CT molecular complexity index is 2040. The van der Waals surface area contributed by atoms with Gasteiger partial charge in [0.2, 0.25) is 0 Å². The first-order valence-electron chi connectivity index (χ1n) is 18.4. The molecule has 2 aliphatic rings. The summed E-state index contributed by atoms with van der Waals surface area (Å²) >= 11 is -3.87. The monoisotopic (exact) mass is 745 g/mol. The van der Waals surface area contributed by atoms with Crippen LogP contribution in [-0.4, -0.2) is 13.0 Å². The molecule has 49 heavy (non-hydrogen) atoms. The van der Waals surface area contributed by atoms with Gasteiger partial charge in [0.05, 0.1) is 0 Å². The third-order valence-electron chi connectivity index (χ3n) is 12.7. The summed E-state index contributed by atoms with van der Waals surface area (Å²) in [6.45, 7) is 28.6. The molecule has 0 saturated carbocycles. The van der Waals surface area contributed by atoms with Crippen molar-refractivity contribution in [1.82, 2.24) is 0 Å². The summed E-state index contributed by atoms with van der Waals surface area (Å²) in [5.74, 6) is -0.181. The Morgan fingerprint density at radius 2 is 1.04 bits per heavy atom. The van der Waals surface area contributed by atoms with Crippen molar-refractivity contribution in [3.05, 3.63) is 121 Å². The Morgan fingerprint density at radius 1 is 0.592 bits per heavy atom. The van der Waals surface area contributed by atoms with E-state index < -0.39 is 23.9 Å². The molecule has 4 aromatic carbocycles. The van der Waals surface area contributed by atoms with Gasteiger partial charge < -0.3 is 0 Å². The molecule has 0 amide bonds. The third-order valence-corrected chi connectivity index (χ3v) is 59.9. The van der Waals surface area contributed by atoms with Gasteiger partial charge in [-0.1, -0.05) is 0 Å². The van der Waals surface area contributed by atoms with E-state index in [4.69, 9.17) is 4.74 Å².